The van der Waals surface area contributed by atoms with E-state index in [1.54, 1.807) is 6.20 Å². The number of hydrogen-bond acceptors (Lipinski definition) is 4. The zero-order valence-electron chi connectivity index (χ0n) is 11.6. The molecule has 1 aromatic rings. The fraction of sp³-hybridized carbons (Fsp3) is 0.714. The monoisotopic (exact) mass is 278 g/mol. The fourth-order valence-electron chi connectivity index (χ4n) is 3.07. The number of ether oxygens (including phenoxy) is 1. The number of aromatic nitrogens is 2. The highest BCUT2D eigenvalue weighted by Crippen LogP contribution is 2.25. The van der Waals surface area contributed by atoms with Crippen LogP contribution in [-0.2, 0) is 16.1 Å². The Balaban J connectivity index is 1.55. The van der Waals surface area contributed by atoms with Crippen molar-refractivity contribution in [1.82, 2.24) is 9.78 Å². The lowest BCUT2D eigenvalue weighted by atomic mass is 10.0. The second kappa shape index (κ2) is 5.93. The van der Waals surface area contributed by atoms with E-state index in [0.717, 1.165) is 50.9 Å². The molecular formula is C14H22N4O2. The molecule has 3 N–H and O–H groups in total. The summed E-state index contributed by atoms with van der Waals surface area (Å²) in [4.78, 5) is 12.1. The van der Waals surface area contributed by atoms with Gasteiger partial charge in [-0.15, -0.1) is 0 Å². The SMILES string of the molecule is NC1CCCC1C(=O)Nc1cnn(CC2CCCO2)c1. The van der Waals surface area contributed by atoms with Crippen LogP contribution in [0.3, 0.4) is 0 Å². The van der Waals surface area contributed by atoms with Crippen LogP contribution in [0.5, 0.6) is 0 Å². The molecule has 1 aromatic heterocycles. The number of rotatable bonds is 4. The van der Waals surface area contributed by atoms with Crippen LogP contribution in [0.2, 0.25) is 0 Å². The van der Waals surface area contributed by atoms with Gasteiger partial charge in [-0.05, 0) is 25.7 Å². The highest BCUT2D eigenvalue weighted by Gasteiger charge is 2.30. The first-order valence-corrected chi connectivity index (χ1v) is 7.43. The average Bonchev–Trinajstić information content (AvgIpc) is 3.12. The molecule has 1 saturated carbocycles. The van der Waals surface area contributed by atoms with E-state index in [4.69, 9.17) is 10.5 Å². The minimum Gasteiger partial charge on any atom is -0.376 e. The highest BCUT2D eigenvalue weighted by molar-refractivity contribution is 5.92. The molecule has 1 amide bonds. The predicted octanol–water partition coefficient (Wildman–Crippen LogP) is 1.13. The summed E-state index contributed by atoms with van der Waals surface area (Å²) in [5, 5.41) is 7.19. The summed E-state index contributed by atoms with van der Waals surface area (Å²) in [7, 11) is 0. The van der Waals surface area contributed by atoms with Gasteiger partial charge in [-0.2, -0.15) is 5.10 Å². The van der Waals surface area contributed by atoms with Gasteiger partial charge >= 0.3 is 0 Å². The van der Waals surface area contributed by atoms with E-state index in [1.165, 1.54) is 0 Å². The largest absolute Gasteiger partial charge is 0.376 e. The van der Waals surface area contributed by atoms with Crippen LogP contribution >= 0.6 is 0 Å². The van der Waals surface area contributed by atoms with Crippen molar-refractivity contribution < 1.29 is 9.53 Å². The molecule has 1 saturated heterocycles. The number of nitrogens with zero attached hydrogens (tertiary/aromatic N) is 2. The van der Waals surface area contributed by atoms with Crippen molar-refractivity contribution >= 4 is 11.6 Å². The van der Waals surface area contributed by atoms with Gasteiger partial charge < -0.3 is 15.8 Å². The Morgan fingerprint density at radius 1 is 1.45 bits per heavy atom. The molecule has 6 heteroatoms. The van der Waals surface area contributed by atoms with Crippen molar-refractivity contribution in [2.24, 2.45) is 11.7 Å². The summed E-state index contributed by atoms with van der Waals surface area (Å²) in [6.45, 7) is 1.59. The third kappa shape index (κ3) is 3.02. The van der Waals surface area contributed by atoms with Crippen LogP contribution in [-0.4, -0.2) is 34.4 Å². The number of hydrogen-bond donors (Lipinski definition) is 2. The number of carbonyl (C=O) groups is 1. The maximum Gasteiger partial charge on any atom is 0.229 e. The smallest absolute Gasteiger partial charge is 0.229 e. The van der Waals surface area contributed by atoms with Gasteiger partial charge in [0, 0.05) is 18.8 Å². The molecule has 1 aliphatic carbocycles. The Kier molecular flexibility index (Phi) is 4.03. The Morgan fingerprint density at radius 2 is 2.35 bits per heavy atom. The van der Waals surface area contributed by atoms with Crippen molar-refractivity contribution in [2.75, 3.05) is 11.9 Å². The summed E-state index contributed by atoms with van der Waals surface area (Å²) in [6.07, 6.45) is 8.87. The minimum absolute atomic E-state index is 0.00284. The van der Waals surface area contributed by atoms with E-state index < -0.39 is 0 Å². The van der Waals surface area contributed by atoms with Crippen LogP contribution in [0.25, 0.3) is 0 Å². The summed E-state index contributed by atoms with van der Waals surface area (Å²) < 4.78 is 7.41. The van der Waals surface area contributed by atoms with E-state index in [9.17, 15) is 4.79 Å². The molecule has 3 unspecified atom stereocenters. The van der Waals surface area contributed by atoms with Crippen LogP contribution in [0, 0.1) is 5.92 Å². The highest BCUT2D eigenvalue weighted by atomic mass is 16.5. The van der Waals surface area contributed by atoms with E-state index >= 15 is 0 Å². The minimum atomic E-state index is -0.0588. The molecule has 0 spiro atoms. The summed E-state index contributed by atoms with van der Waals surface area (Å²) in [5.74, 6) is -0.0387. The third-order valence-corrected chi connectivity index (χ3v) is 4.22. The van der Waals surface area contributed by atoms with Gasteiger partial charge in [-0.3, -0.25) is 9.48 Å². The van der Waals surface area contributed by atoms with Gasteiger partial charge in [0.05, 0.1) is 30.5 Å². The molecule has 6 nitrogen and oxygen atoms in total. The quantitative estimate of drug-likeness (QED) is 0.865. The van der Waals surface area contributed by atoms with Gasteiger partial charge in [-0.25, -0.2) is 0 Å². The lowest BCUT2D eigenvalue weighted by Crippen LogP contribution is -2.34. The molecule has 3 atom stereocenters. The molecular weight excluding hydrogens is 256 g/mol. The molecule has 1 aliphatic heterocycles. The fourth-order valence-corrected chi connectivity index (χ4v) is 3.07. The molecule has 0 bridgehead atoms. The van der Waals surface area contributed by atoms with Crippen LogP contribution in [0.15, 0.2) is 12.4 Å². The standard InChI is InChI=1S/C14H22N4O2/c15-13-5-1-4-12(13)14(19)17-10-7-16-18(8-10)9-11-3-2-6-20-11/h7-8,11-13H,1-6,9,15H2,(H,17,19). The van der Waals surface area contributed by atoms with Crippen molar-refractivity contribution in [3.05, 3.63) is 12.4 Å². The Morgan fingerprint density at radius 3 is 3.05 bits per heavy atom. The maximum atomic E-state index is 12.1. The van der Waals surface area contributed by atoms with Crippen molar-refractivity contribution in [1.29, 1.82) is 0 Å². The van der Waals surface area contributed by atoms with Crippen molar-refractivity contribution in [3.63, 3.8) is 0 Å². The zero-order chi connectivity index (χ0) is 13.9. The lowest BCUT2D eigenvalue weighted by molar-refractivity contribution is -0.120. The summed E-state index contributed by atoms with van der Waals surface area (Å²) in [5.41, 5.74) is 6.69. The Bertz CT molecular complexity index is 467. The van der Waals surface area contributed by atoms with Gasteiger partial charge in [0.15, 0.2) is 0 Å². The molecule has 2 aliphatic rings. The van der Waals surface area contributed by atoms with Crippen LogP contribution in [0.4, 0.5) is 5.69 Å². The topological polar surface area (TPSA) is 82.2 Å². The summed E-state index contributed by atoms with van der Waals surface area (Å²) in [6, 6.07) is -0.00284. The maximum absolute atomic E-state index is 12.1. The van der Waals surface area contributed by atoms with Crippen LogP contribution in [0.1, 0.15) is 32.1 Å². The van der Waals surface area contributed by atoms with Crippen LogP contribution < -0.4 is 11.1 Å². The second-order valence-corrected chi connectivity index (χ2v) is 5.78. The van der Waals surface area contributed by atoms with E-state index in [2.05, 4.69) is 10.4 Å². The van der Waals surface area contributed by atoms with E-state index in [1.807, 2.05) is 10.9 Å². The predicted molar refractivity (Wildman–Crippen MR) is 75.1 cm³/mol. The molecule has 0 aromatic carbocycles. The van der Waals surface area contributed by atoms with Crippen molar-refractivity contribution in [3.8, 4) is 0 Å². The van der Waals surface area contributed by atoms with Gasteiger partial charge in [0.25, 0.3) is 0 Å². The van der Waals surface area contributed by atoms with E-state index in [0.29, 0.717) is 0 Å². The molecule has 0 radical (unpaired) electrons. The number of nitrogens with one attached hydrogen (secondary N) is 1. The average molecular weight is 278 g/mol. The lowest BCUT2D eigenvalue weighted by Gasteiger charge is -2.14. The van der Waals surface area contributed by atoms with Gasteiger partial charge in [-0.1, -0.05) is 6.42 Å². The number of amides is 1. The zero-order valence-corrected chi connectivity index (χ0v) is 11.6. The molecule has 110 valence electrons. The first kappa shape index (κ1) is 13.6. The normalized spacial score (nSPS) is 29.8. The molecule has 20 heavy (non-hydrogen) atoms. The second-order valence-electron chi connectivity index (χ2n) is 5.78. The Hall–Kier alpha value is -1.40. The van der Waals surface area contributed by atoms with Gasteiger partial charge in [0.1, 0.15) is 0 Å². The van der Waals surface area contributed by atoms with Gasteiger partial charge in [0.2, 0.25) is 5.91 Å². The first-order chi connectivity index (χ1) is 9.72. The first-order valence-electron chi connectivity index (χ1n) is 7.43. The molecule has 3 rings (SSSR count). The van der Waals surface area contributed by atoms with E-state index in [-0.39, 0.29) is 24.0 Å². The van der Waals surface area contributed by atoms with Crippen molar-refractivity contribution in [2.45, 2.75) is 50.8 Å². The molecule has 2 heterocycles. The number of nitrogens with two attached hydrogens (primary N) is 1. The molecule has 2 fully saturated rings. The Labute approximate surface area is 118 Å². The number of carbonyl (C=O) groups excluding carboxylic acids is 1. The third-order valence-electron chi connectivity index (χ3n) is 4.22. The number of anilines is 1. The summed E-state index contributed by atoms with van der Waals surface area (Å²) >= 11 is 0.